The van der Waals surface area contributed by atoms with Gasteiger partial charge >= 0.3 is 0 Å². The van der Waals surface area contributed by atoms with E-state index in [1.165, 1.54) is 19.3 Å². The molecule has 4 aliphatic carbocycles. The number of hydrogen-bond acceptors (Lipinski definition) is 3. The van der Waals surface area contributed by atoms with Crippen LogP contribution in [0.5, 0.6) is 0 Å². The third-order valence-electron chi connectivity index (χ3n) is 7.47. The summed E-state index contributed by atoms with van der Waals surface area (Å²) in [6.07, 6.45) is 7.17. The lowest BCUT2D eigenvalue weighted by atomic mass is 9.49. The zero-order valence-electron chi connectivity index (χ0n) is 17.4. The third kappa shape index (κ3) is 3.64. The van der Waals surface area contributed by atoms with E-state index in [0.29, 0.717) is 13.1 Å². The summed E-state index contributed by atoms with van der Waals surface area (Å²) in [5, 5.41) is 3.23. The normalized spacial score (nSPS) is 41.7. The van der Waals surface area contributed by atoms with Crippen molar-refractivity contribution in [1.82, 2.24) is 10.2 Å². The zero-order chi connectivity index (χ0) is 19.3. The molecule has 5 fully saturated rings. The fraction of sp³-hybridized carbons (Fsp3) is 0.909. The second-order valence-electron chi connectivity index (χ2n) is 10.4. The van der Waals surface area contributed by atoms with Gasteiger partial charge in [0, 0.05) is 18.5 Å². The highest BCUT2D eigenvalue weighted by Crippen LogP contribution is 2.60. The van der Waals surface area contributed by atoms with Crippen molar-refractivity contribution in [3.8, 4) is 0 Å². The van der Waals surface area contributed by atoms with Crippen molar-refractivity contribution in [3.05, 3.63) is 0 Å². The van der Waals surface area contributed by atoms with Gasteiger partial charge in [0.05, 0.1) is 12.2 Å². The Bertz CT molecular complexity index is 557. The fourth-order valence-corrected chi connectivity index (χ4v) is 6.75. The third-order valence-corrected chi connectivity index (χ3v) is 7.47. The highest BCUT2D eigenvalue weighted by molar-refractivity contribution is 5.90. The van der Waals surface area contributed by atoms with Crippen molar-refractivity contribution in [2.24, 2.45) is 29.1 Å². The van der Waals surface area contributed by atoms with E-state index in [9.17, 15) is 9.59 Å². The highest BCUT2D eigenvalue weighted by atomic mass is 16.5. The Kier molecular flexibility index (Phi) is 5.02. The van der Waals surface area contributed by atoms with Gasteiger partial charge in [0.15, 0.2) is 0 Å². The van der Waals surface area contributed by atoms with Crippen LogP contribution in [0.25, 0.3) is 0 Å². The van der Waals surface area contributed by atoms with Gasteiger partial charge in [-0.25, -0.2) is 0 Å². The minimum absolute atomic E-state index is 0.0457. The molecule has 2 amide bonds. The van der Waals surface area contributed by atoms with Crippen molar-refractivity contribution >= 4 is 11.8 Å². The first-order chi connectivity index (χ1) is 12.8. The van der Waals surface area contributed by atoms with E-state index in [1.54, 1.807) is 0 Å². The van der Waals surface area contributed by atoms with Gasteiger partial charge in [-0.15, -0.1) is 0 Å². The van der Waals surface area contributed by atoms with Crippen molar-refractivity contribution in [2.45, 2.75) is 84.5 Å². The first-order valence-corrected chi connectivity index (χ1v) is 11.0. The van der Waals surface area contributed by atoms with Crippen LogP contribution in [0.15, 0.2) is 0 Å². The molecule has 1 N–H and O–H groups in total. The molecule has 27 heavy (non-hydrogen) atoms. The predicted molar refractivity (Wildman–Crippen MR) is 104 cm³/mol. The predicted octanol–water partition coefficient (Wildman–Crippen LogP) is 2.98. The molecule has 0 aromatic heterocycles. The molecule has 0 aromatic rings. The maximum atomic E-state index is 13.4. The molecule has 4 saturated carbocycles. The molecule has 1 heterocycles. The van der Waals surface area contributed by atoms with Crippen molar-refractivity contribution in [3.63, 3.8) is 0 Å². The Morgan fingerprint density at radius 3 is 1.89 bits per heavy atom. The molecule has 5 aliphatic rings. The van der Waals surface area contributed by atoms with Crippen LogP contribution in [0.2, 0.25) is 0 Å². The van der Waals surface area contributed by atoms with E-state index in [2.05, 4.69) is 5.32 Å². The van der Waals surface area contributed by atoms with Gasteiger partial charge in [-0.1, -0.05) is 13.8 Å². The summed E-state index contributed by atoms with van der Waals surface area (Å²) in [4.78, 5) is 28.6. The number of nitrogens with one attached hydrogen (secondary N) is 1. The summed E-state index contributed by atoms with van der Waals surface area (Å²) in [7, 11) is 0. The summed E-state index contributed by atoms with van der Waals surface area (Å²) in [5.41, 5.74) is -0.201. The Labute approximate surface area is 163 Å². The lowest BCUT2D eigenvalue weighted by Crippen LogP contribution is -2.60. The van der Waals surface area contributed by atoms with E-state index < -0.39 is 6.04 Å². The number of ether oxygens (including phenoxy) is 1. The molecule has 5 rings (SSSR count). The quantitative estimate of drug-likeness (QED) is 0.821. The molecule has 0 aromatic carbocycles. The SMILES string of the molecule is CC(C)[C@@H](NC(=O)C12CC3CC(CC(C3)C1)C2)C(=O)N1C[C@@H](C)O[C@H](C)C1. The molecule has 5 nitrogen and oxygen atoms in total. The molecule has 0 unspecified atom stereocenters. The highest BCUT2D eigenvalue weighted by Gasteiger charge is 2.55. The first kappa shape index (κ1) is 19.2. The van der Waals surface area contributed by atoms with Crippen molar-refractivity contribution in [2.75, 3.05) is 13.1 Å². The Morgan fingerprint density at radius 2 is 1.44 bits per heavy atom. The Balaban J connectivity index is 1.47. The van der Waals surface area contributed by atoms with Gasteiger partial charge in [-0.05, 0) is 76.0 Å². The molecule has 3 atom stereocenters. The molecule has 152 valence electrons. The second-order valence-corrected chi connectivity index (χ2v) is 10.4. The molecule has 5 heteroatoms. The zero-order valence-corrected chi connectivity index (χ0v) is 17.4. The summed E-state index contributed by atoms with van der Waals surface area (Å²) >= 11 is 0. The summed E-state index contributed by atoms with van der Waals surface area (Å²) < 4.78 is 5.77. The standard InChI is InChI=1S/C22H36N2O3/c1-13(2)19(20(25)24-11-14(3)27-15(4)12-24)23-21(26)22-8-16-5-17(9-22)7-18(6-16)10-22/h13-19H,5-12H2,1-4H3,(H,23,26)/t14-,15-,16?,17?,18?,19-,22?/m1/s1. The van der Waals surface area contributed by atoms with Gasteiger partial charge in [0.1, 0.15) is 6.04 Å². The number of carbonyl (C=O) groups excluding carboxylic acids is 2. The van der Waals surface area contributed by atoms with Crippen LogP contribution < -0.4 is 5.32 Å². The van der Waals surface area contributed by atoms with Gasteiger partial charge in [-0.2, -0.15) is 0 Å². The molecule has 0 radical (unpaired) electrons. The lowest BCUT2D eigenvalue weighted by Gasteiger charge is -2.56. The van der Waals surface area contributed by atoms with Gasteiger partial charge in [0.25, 0.3) is 0 Å². The minimum atomic E-state index is -0.428. The van der Waals surface area contributed by atoms with E-state index in [-0.39, 0.29) is 35.4 Å². The molecule has 1 aliphatic heterocycles. The number of morpholine rings is 1. The van der Waals surface area contributed by atoms with E-state index in [4.69, 9.17) is 4.74 Å². The number of hydrogen-bond donors (Lipinski definition) is 1. The average molecular weight is 377 g/mol. The largest absolute Gasteiger partial charge is 0.372 e. The molecule has 4 bridgehead atoms. The van der Waals surface area contributed by atoms with E-state index in [1.807, 2.05) is 32.6 Å². The van der Waals surface area contributed by atoms with E-state index >= 15 is 0 Å². The van der Waals surface area contributed by atoms with Crippen LogP contribution in [-0.4, -0.2) is 48.1 Å². The Morgan fingerprint density at radius 1 is 0.963 bits per heavy atom. The summed E-state index contributed by atoms with van der Waals surface area (Å²) in [6.45, 7) is 9.31. The van der Waals surface area contributed by atoms with Gasteiger partial charge < -0.3 is 15.0 Å². The molecular weight excluding hydrogens is 340 g/mol. The fourth-order valence-electron chi connectivity index (χ4n) is 6.75. The molecular formula is C22H36N2O3. The topological polar surface area (TPSA) is 58.6 Å². The van der Waals surface area contributed by atoms with Crippen LogP contribution >= 0.6 is 0 Å². The van der Waals surface area contributed by atoms with Gasteiger partial charge in [0.2, 0.25) is 11.8 Å². The number of amides is 2. The minimum Gasteiger partial charge on any atom is -0.372 e. The lowest BCUT2D eigenvalue weighted by molar-refractivity contribution is -0.154. The number of rotatable bonds is 4. The molecule has 0 spiro atoms. The van der Waals surface area contributed by atoms with Gasteiger partial charge in [-0.3, -0.25) is 9.59 Å². The number of nitrogens with zero attached hydrogens (tertiary/aromatic N) is 1. The maximum absolute atomic E-state index is 13.4. The van der Waals surface area contributed by atoms with Crippen molar-refractivity contribution in [1.29, 1.82) is 0 Å². The maximum Gasteiger partial charge on any atom is 0.245 e. The number of carbonyl (C=O) groups is 2. The van der Waals surface area contributed by atoms with Crippen LogP contribution in [0.3, 0.4) is 0 Å². The van der Waals surface area contributed by atoms with Crippen LogP contribution in [0.4, 0.5) is 0 Å². The van der Waals surface area contributed by atoms with Crippen LogP contribution in [0.1, 0.15) is 66.2 Å². The van der Waals surface area contributed by atoms with Crippen LogP contribution in [0, 0.1) is 29.1 Å². The Hall–Kier alpha value is -1.10. The smallest absolute Gasteiger partial charge is 0.245 e. The van der Waals surface area contributed by atoms with Crippen molar-refractivity contribution < 1.29 is 14.3 Å². The van der Waals surface area contributed by atoms with Crippen LogP contribution in [-0.2, 0) is 14.3 Å². The second kappa shape index (κ2) is 7.06. The van der Waals surface area contributed by atoms with E-state index in [0.717, 1.165) is 37.0 Å². The average Bonchev–Trinajstić information content (AvgIpc) is 2.56. The first-order valence-electron chi connectivity index (χ1n) is 11.0. The monoisotopic (exact) mass is 376 g/mol. The summed E-state index contributed by atoms with van der Waals surface area (Å²) in [6, 6.07) is -0.428. The summed E-state index contributed by atoms with van der Waals surface area (Å²) in [5.74, 6) is 2.50. The molecule has 1 saturated heterocycles.